The van der Waals surface area contributed by atoms with Crippen molar-refractivity contribution in [3.63, 3.8) is 0 Å². The number of hydrogen-bond donors (Lipinski definition) is 2. The van der Waals surface area contributed by atoms with Crippen LogP contribution >= 0.6 is 0 Å². The van der Waals surface area contributed by atoms with Crippen molar-refractivity contribution in [2.24, 2.45) is 23.2 Å². The van der Waals surface area contributed by atoms with Crippen LogP contribution in [0.2, 0.25) is 0 Å². The summed E-state index contributed by atoms with van der Waals surface area (Å²) in [5, 5.41) is 11.7. The zero-order valence-corrected chi connectivity index (χ0v) is 19.9. The molecule has 4 aliphatic rings. The third-order valence-electron chi connectivity index (χ3n) is 8.36. The highest BCUT2D eigenvalue weighted by Gasteiger charge is 2.51. The van der Waals surface area contributed by atoms with Gasteiger partial charge in [0.15, 0.2) is 0 Å². The van der Waals surface area contributed by atoms with E-state index in [1.165, 1.54) is 50.7 Å². The summed E-state index contributed by atoms with van der Waals surface area (Å²) in [7, 11) is 0. The molecule has 2 aromatic carbocycles. The van der Waals surface area contributed by atoms with E-state index in [0.717, 1.165) is 41.1 Å². The lowest BCUT2D eigenvalue weighted by molar-refractivity contribution is -0.116. The second kappa shape index (κ2) is 8.77. The van der Waals surface area contributed by atoms with E-state index in [9.17, 15) is 9.18 Å². The number of benzene rings is 2. The van der Waals surface area contributed by atoms with E-state index in [1.807, 2.05) is 23.0 Å². The molecule has 0 spiro atoms. The molecule has 4 bridgehead atoms. The second-order valence-electron chi connectivity index (χ2n) is 11.2. The van der Waals surface area contributed by atoms with Crippen LogP contribution in [0.4, 0.5) is 15.8 Å². The number of nitrogens with one attached hydrogen (secondary N) is 1. The highest BCUT2D eigenvalue weighted by molar-refractivity contribution is 5.95. The fourth-order valence-electron chi connectivity index (χ4n) is 7.30. The SMILES string of the molecule is Nc1ccc(-c2ccc(F)cc2)cc1NC(=O)CCc1cn(CC23CC4CC(CC(C4)C2)C3)nn1. The molecule has 182 valence electrons. The first-order chi connectivity index (χ1) is 16.9. The van der Waals surface area contributed by atoms with E-state index in [-0.39, 0.29) is 11.7 Å². The van der Waals surface area contributed by atoms with Crippen LogP contribution in [0.5, 0.6) is 0 Å². The minimum Gasteiger partial charge on any atom is -0.397 e. The van der Waals surface area contributed by atoms with Crippen LogP contribution < -0.4 is 11.1 Å². The molecule has 35 heavy (non-hydrogen) atoms. The van der Waals surface area contributed by atoms with Gasteiger partial charge in [0.25, 0.3) is 0 Å². The fourth-order valence-corrected chi connectivity index (χ4v) is 7.30. The minimum atomic E-state index is -0.285. The van der Waals surface area contributed by atoms with Gasteiger partial charge in [-0.3, -0.25) is 9.48 Å². The average Bonchev–Trinajstić information content (AvgIpc) is 3.25. The Morgan fingerprint density at radius 3 is 2.37 bits per heavy atom. The van der Waals surface area contributed by atoms with Crippen molar-refractivity contribution in [3.05, 3.63) is 60.2 Å². The third kappa shape index (κ3) is 4.68. The van der Waals surface area contributed by atoms with Crippen molar-refractivity contribution in [3.8, 4) is 11.1 Å². The molecule has 6 nitrogen and oxygen atoms in total. The Morgan fingerprint density at radius 1 is 1.03 bits per heavy atom. The van der Waals surface area contributed by atoms with Crippen LogP contribution in [0.3, 0.4) is 0 Å². The molecule has 3 aromatic rings. The highest BCUT2D eigenvalue weighted by atomic mass is 19.1. The minimum absolute atomic E-state index is 0.122. The van der Waals surface area contributed by atoms with Gasteiger partial charge in [0.2, 0.25) is 5.91 Å². The molecule has 4 aliphatic carbocycles. The molecule has 1 aromatic heterocycles. The van der Waals surface area contributed by atoms with Gasteiger partial charge in [0, 0.05) is 25.6 Å². The summed E-state index contributed by atoms with van der Waals surface area (Å²) in [6, 6.07) is 11.7. The van der Waals surface area contributed by atoms with Gasteiger partial charge in [-0.05, 0) is 97.1 Å². The Hall–Kier alpha value is -3.22. The van der Waals surface area contributed by atoms with Gasteiger partial charge in [-0.1, -0.05) is 23.4 Å². The van der Waals surface area contributed by atoms with Gasteiger partial charge >= 0.3 is 0 Å². The van der Waals surface area contributed by atoms with Crippen LogP contribution in [0.15, 0.2) is 48.7 Å². The standard InChI is InChI=1S/C28H32FN5O/c29-23-4-1-21(2-5-23)22-3-7-25(30)26(12-22)31-27(35)8-6-24-16-34(33-32-24)17-28-13-18-9-19(14-28)11-20(10-18)15-28/h1-5,7,12,16,18-20H,6,8-11,13-15,17,30H2,(H,31,35). The number of rotatable bonds is 7. The van der Waals surface area contributed by atoms with Crippen molar-refractivity contribution in [2.45, 2.75) is 57.9 Å². The number of aryl methyl sites for hydroxylation is 1. The van der Waals surface area contributed by atoms with Crippen molar-refractivity contribution >= 4 is 17.3 Å². The number of halogens is 1. The summed E-state index contributed by atoms with van der Waals surface area (Å²) in [5.74, 6) is 2.35. The fraction of sp³-hybridized carbons (Fsp3) is 0.464. The second-order valence-corrected chi connectivity index (χ2v) is 11.2. The predicted octanol–water partition coefficient (Wildman–Crippen LogP) is 5.45. The van der Waals surface area contributed by atoms with Gasteiger partial charge in [-0.15, -0.1) is 5.10 Å². The topological polar surface area (TPSA) is 85.8 Å². The molecule has 0 saturated heterocycles. The first-order valence-electron chi connectivity index (χ1n) is 12.8. The number of anilines is 2. The summed E-state index contributed by atoms with van der Waals surface area (Å²) in [6.45, 7) is 0.961. The van der Waals surface area contributed by atoms with E-state index in [4.69, 9.17) is 5.73 Å². The Bertz CT molecular complexity index is 1200. The average molecular weight is 474 g/mol. The Morgan fingerprint density at radius 2 is 1.69 bits per heavy atom. The van der Waals surface area contributed by atoms with Crippen LogP contribution in [0, 0.1) is 29.0 Å². The van der Waals surface area contributed by atoms with Crippen LogP contribution in [0.1, 0.15) is 50.6 Å². The van der Waals surface area contributed by atoms with Gasteiger partial charge in [0.1, 0.15) is 5.82 Å². The number of nitrogen functional groups attached to an aromatic ring is 1. The van der Waals surface area contributed by atoms with Gasteiger partial charge in [-0.25, -0.2) is 4.39 Å². The van der Waals surface area contributed by atoms with Crippen LogP contribution in [-0.4, -0.2) is 20.9 Å². The number of aromatic nitrogens is 3. The van der Waals surface area contributed by atoms with E-state index in [2.05, 4.69) is 15.6 Å². The first kappa shape index (κ1) is 22.3. The highest BCUT2D eigenvalue weighted by Crippen LogP contribution is 2.60. The predicted molar refractivity (Wildman–Crippen MR) is 134 cm³/mol. The van der Waals surface area contributed by atoms with E-state index < -0.39 is 0 Å². The molecular formula is C28H32FN5O. The number of carbonyl (C=O) groups excluding carboxylic acids is 1. The van der Waals surface area contributed by atoms with Crippen molar-refractivity contribution < 1.29 is 9.18 Å². The Balaban J connectivity index is 1.06. The molecule has 7 heteroatoms. The number of hydrogen-bond acceptors (Lipinski definition) is 4. The third-order valence-corrected chi connectivity index (χ3v) is 8.36. The normalized spacial score (nSPS) is 26.7. The van der Waals surface area contributed by atoms with Gasteiger partial charge < -0.3 is 11.1 Å². The molecule has 0 unspecified atom stereocenters. The molecule has 4 fully saturated rings. The number of nitrogens with two attached hydrogens (primary N) is 1. The number of carbonyl (C=O) groups is 1. The van der Waals surface area contributed by atoms with E-state index in [0.29, 0.717) is 29.6 Å². The largest absolute Gasteiger partial charge is 0.397 e. The van der Waals surface area contributed by atoms with Crippen LogP contribution in [0.25, 0.3) is 11.1 Å². The van der Waals surface area contributed by atoms with Gasteiger partial charge in [0.05, 0.1) is 17.1 Å². The van der Waals surface area contributed by atoms with Crippen LogP contribution in [-0.2, 0) is 17.8 Å². The molecule has 0 aliphatic heterocycles. The van der Waals surface area contributed by atoms with E-state index >= 15 is 0 Å². The monoisotopic (exact) mass is 473 g/mol. The van der Waals surface area contributed by atoms with Crippen molar-refractivity contribution in [1.29, 1.82) is 0 Å². The maximum atomic E-state index is 13.2. The molecule has 1 amide bonds. The molecule has 0 radical (unpaired) electrons. The molecule has 4 saturated carbocycles. The summed E-state index contributed by atoms with van der Waals surface area (Å²) in [6.07, 6.45) is 11.2. The first-order valence-corrected chi connectivity index (χ1v) is 12.8. The lowest BCUT2D eigenvalue weighted by Crippen LogP contribution is -2.48. The quantitative estimate of drug-likeness (QED) is 0.447. The summed E-state index contributed by atoms with van der Waals surface area (Å²) in [4.78, 5) is 12.7. The van der Waals surface area contributed by atoms with Gasteiger partial charge in [-0.2, -0.15) is 0 Å². The molecule has 1 heterocycles. The maximum absolute atomic E-state index is 13.2. The Labute approximate surface area is 205 Å². The molecule has 7 rings (SSSR count). The zero-order valence-electron chi connectivity index (χ0n) is 19.9. The smallest absolute Gasteiger partial charge is 0.224 e. The zero-order chi connectivity index (χ0) is 24.0. The summed E-state index contributed by atoms with van der Waals surface area (Å²) < 4.78 is 15.3. The van der Waals surface area contributed by atoms with Crippen molar-refractivity contribution in [2.75, 3.05) is 11.1 Å². The molecule has 0 atom stereocenters. The Kier molecular flexibility index (Phi) is 5.58. The van der Waals surface area contributed by atoms with E-state index in [1.54, 1.807) is 18.2 Å². The molecule has 3 N–H and O–H groups in total. The number of amides is 1. The maximum Gasteiger partial charge on any atom is 0.224 e. The summed E-state index contributed by atoms with van der Waals surface area (Å²) >= 11 is 0. The lowest BCUT2D eigenvalue weighted by Gasteiger charge is -2.56. The summed E-state index contributed by atoms with van der Waals surface area (Å²) in [5.41, 5.74) is 10.1. The lowest BCUT2D eigenvalue weighted by atomic mass is 9.49. The number of nitrogens with zero attached hydrogens (tertiary/aromatic N) is 3. The van der Waals surface area contributed by atoms with Crippen molar-refractivity contribution in [1.82, 2.24) is 15.0 Å². The molecular weight excluding hydrogens is 441 g/mol.